The Morgan fingerprint density at radius 1 is 1.75 bits per heavy atom. The normalized spacial score (nSPS) is 26.6. The van der Waals surface area contributed by atoms with Gasteiger partial charge in [-0.3, -0.25) is 0 Å². The van der Waals surface area contributed by atoms with E-state index in [-0.39, 0.29) is 0 Å². The summed E-state index contributed by atoms with van der Waals surface area (Å²) >= 11 is 0. The van der Waals surface area contributed by atoms with Gasteiger partial charge in [0, 0.05) is 0 Å². The molecular weight excluding hydrogens is 106 g/mol. The lowest BCUT2D eigenvalue weighted by molar-refractivity contribution is -0.0240. The molecule has 0 fully saturated rings. The molecule has 0 aromatic carbocycles. The molecule has 0 spiro atoms. The summed E-state index contributed by atoms with van der Waals surface area (Å²) in [6.45, 7) is 0. The second-order valence-electron chi connectivity index (χ2n) is 1.48. The largest absolute Gasteiger partial charge is 0.467 e. The number of allylic oxidation sites excluding steroid dienone is 2. The summed E-state index contributed by atoms with van der Waals surface area (Å²) < 4.78 is 4.57. The van der Waals surface area contributed by atoms with Gasteiger partial charge < -0.3 is 15.6 Å². The fourth-order valence-electron chi connectivity index (χ4n) is 0.431. The van der Waals surface area contributed by atoms with E-state index < -0.39 is 6.29 Å². The smallest absolute Gasteiger partial charge is 0.237 e. The molecule has 3 heteroatoms. The molecule has 1 aliphatic heterocycles. The Balaban J connectivity index is 2.66. The Bertz CT molecular complexity index is 139. The van der Waals surface area contributed by atoms with Crippen molar-refractivity contribution in [2.45, 2.75) is 6.29 Å². The predicted octanol–water partition coefficient (Wildman–Crippen LogP) is -0.309. The molecule has 1 atom stereocenters. The van der Waals surface area contributed by atoms with Crippen LogP contribution in [0.2, 0.25) is 0 Å². The predicted molar refractivity (Wildman–Crippen MR) is 28.5 cm³/mol. The molecule has 1 aliphatic rings. The van der Waals surface area contributed by atoms with E-state index in [9.17, 15) is 0 Å². The second-order valence-corrected chi connectivity index (χ2v) is 1.48. The van der Waals surface area contributed by atoms with Gasteiger partial charge in [0.25, 0.3) is 0 Å². The summed E-state index contributed by atoms with van der Waals surface area (Å²) in [6, 6.07) is 0. The van der Waals surface area contributed by atoms with Gasteiger partial charge in [-0.05, 0) is 12.2 Å². The van der Waals surface area contributed by atoms with Crippen LogP contribution in [0.4, 0.5) is 0 Å². The van der Waals surface area contributed by atoms with Crippen molar-refractivity contribution in [2.75, 3.05) is 0 Å². The molecular formula is C5H7NO2. The number of hydrogen-bond donors (Lipinski definition) is 2. The lowest BCUT2D eigenvalue weighted by atomic mass is 10.3. The number of aliphatic hydroxyl groups is 1. The van der Waals surface area contributed by atoms with Crippen LogP contribution in [0.5, 0.6) is 0 Å². The number of ether oxygens (including phenoxy) is 1. The van der Waals surface area contributed by atoms with Crippen LogP contribution in [0.15, 0.2) is 24.1 Å². The van der Waals surface area contributed by atoms with Crippen LogP contribution >= 0.6 is 0 Å². The van der Waals surface area contributed by atoms with Crippen molar-refractivity contribution in [3.05, 3.63) is 24.1 Å². The minimum absolute atomic E-state index is 0.340. The van der Waals surface area contributed by atoms with Crippen molar-refractivity contribution in [1.82, 2.24) is 0 Å². The molecule has 44 valence electrons. The summed E-state index contributed by atoms with van der Waals surface area (Å²) in [5.74, 6) is 0. The van der Waals surface area contributed by atoms with Crippen molar-refractivity contribution in [2.24, 2.45) is 5.73 Å². The molecule has 3 N–H and O–H groups in total. The third-order valence-electron chi connectivity index (χ3n) is 0.860. The van der Waals surface area contributed by atoms with Crippen molar-refractivity contribution >= 4 is 0 Å². The number of rotatable bonds is 0. The van der Waals surface area contributed by atoms with Gasteiger partial charge >= 0.3 is 0 Å². The molecule has 0 radical (unpaired) electrons. The third-order valence-corrected chi connectivity index (χ3v) is 0.860. The highest BCUT2D eigenvalue weighted by Crippen LogP contribution is 2.02. The molecule has 0 aromatic rings. The van der Waals surface area contributed by atoms with Gasteiger partial charge in [0.15, 0.2) is 0 Å². The highest BCUT2D eigenvalue weighted by atomic mass is 16.6. The molecule has 0 bridgehead atoms. The second kappa shape index (κ2) is 1.88. The summed E-state index contributed by atoms with van der Waals surface area (Å²) in [5, 5.41) is 8.71. The topological polar surface area (TPSA) is 55.5 Å². The first-order valence-corrected chi connectivity index (χ1v) is 2.26. The average molecular weight is 113 g/mol. The van der Waals surface area contributed by atoms with Crippen LogP contribution in [0.25, 0.3) is 0 Å². The van der Waals surface area contributed by atoms with E-state index in [2.05, 4.69) is 4.74 Å². The van der Waals surface area contributed by atoms with Crippen LogP contribution < -0.4 is 5.73 Å². The molecule has 0 saturated heterocycles. The highest BCUT2D eigenvalue weighted by molar-refractivity contribution is 5.13. The third kappa shape index (κ3) is 0.816. The maximum Gasteiger partial charge on any atom is 0.237 e. The first kappa shape index (κ1) is 5.18. The van der Waals surface area contributed by atoms with Gasteiger partial charge in [-0.15, -0.1) is 0 Å². The first-order chi connectivity index (χ1) is 3.80. The molecule has 8 heavy (non-hydrogen) atoms. The van der Waals surface area contributed by atoms with Gasteiger partial charge in [0.05, 0.1) is 12.0 Å². The lowest BCUT2D eigenvalue weighted by Crippen LogP contribution is -2.20. The maximum atomic E-state index is 8.71. The minimum Gasteiger partial charge on any atom is -0.467 e. The highest BCUT2D eigenvalue weighted by Gasteiger charge is 2.06. The van der Waals surface area contributed by atoms with Gasteiger partial charge in [0.1, 0.15) is 0 Å². The van der Waals surface area contributed by atoms with Gasteiger partial charge in [-0.1, -0.05) is 0 Å². The molecule has 0 amide bonds. The van der Waals surface area contributed by atoms with E-state index in [1.54, 1.807) is 12.2 Å². The average Bonchev–Trinajstić information content (AvgIpc) is 1.77. The zero-order valence-electron chi connectivity index (χ0n) is 4.24. The fraction of sp³-hybridized carbons (Fsp3) is 0.200. The maximum absolute atomic E-state index is 8.71. The van der Waals surface area contributed by atoms with Crippen LogP contribution in [0.3, 0.4) is 0 Å². The van der Waals surface area contributed by atoms with Crippen LogP contribution in [-0.2, 0) is 4.74 Å². The Hall–Kier alpha value is -0.960. The fourth-order valence-corrected chi connectivity index (χ4v) is 0.431. The summed E-state index contributed by atoms with van der Waals surface area (Å²) in [6.07, 6.45) is 3.66. The van der Waals surface area contributed by atoms with Gasteiger partial charge in [-0.2, -0.15) is 0 Å². The Morgan fingerprint density at radius 2 is 2.50 bits per heavy atom. The van der Waals surface area contributed by atoms with E-state index in [4.69, 9.17) is 10.8 Å². The first-order valence-electron chi connectivity index (χ1n) is 2.26. The van der Waals surface area contributed by atoms with Crippen LogP contribution in [0.1, 0.15) is 0 Å². The number of nitrogens with two attached hydrogens (primary N) is 1. The summed E-state index contributed by atoms with van der Waals surface area (Å²) in [5.41, 5.74) is 5.55. The van der Waals surface area contributed by atoms with E-state index in [0.717, 1.165) is 0 Å². The minimum atomic E-state index is -0.944. The molecule has 1 rings (SSSR count). The lowest BCUT2D eigenvalue weighted by Gasteiger charge is -2.11. The van der Waals surface area contributed by atoms with Gasteiger partial charge in [0.2, 0.25) is 6.29 Å². The Labute approximate surface area is 47.1 Å². The van der Waals surface area contributed by atoms with E-state index in [1.165, 1.54) is 6.26 Å². The van der Waals surface area contributed by atoms with E-state index in [0.29, 0.717) is 5.70 Å². The molecule has 1 unspecified atom stereocenters. The zero-order chi connectivity index (χ0) is 5.98. The van der Waals surface area contributed by atoms with E-state index >= 15 is 0 Å². The molecule has 0 saturated carbocycles. The molecule has 1 heterocycles. The van der Waals surface area contributed by atoms with Crippen molar-refractivity contribution in [3.63, 3.8) is 0 Å². The zero-order valence-corrected chi connectivity index (χ0v) is 4.24. The number of aliphatic hydroxyl groups excluding tert-OH is 1. The number of hydrogen-bond acceptors (Lipinski definition) is 3. The molecule has 0 aliphatic carbocycles. The van der Waals surface area contributed by atoms with Crippen LogP contribution in [0, 0.1) is 0 Å². The molecule has 3 nitrogen and oxygen atoms in total. The summed E-state index contributed by atoms with van der Waals surface area (Å²) in [4.78, 5) is 0. The quantitative estimate of drug-likeness (QED) is 0.453. The SMILES string of the molecule is NC1=CC=COC1O. The standard InChI is InChI=1S/C5H7NO2/c6-4-2-1-3-8-5(4)7/h1-3,5,7H,6H2. The van der Waals surface area contributed by atoms with Crippen LogP contribution in [-0.4, -0.2) is 11.4 Å². The van der Waals surface area contributed by atoms with Crippen molar-refractivity contribution in [1.29, 1.82) is 0 Å². The molecule has 0 aromatic heterocycles. The van der Waals surface area contributed by atoms with Crippen molar-refractivity contribution in [3.8, 4) is 0 Å². The van der Waals surface area contributed by atoms with Crippen molar-refractivity contribution < 1.29 is 9.84 Å². The summed E-state index contributed by atoms with van der Waals surface area (Å²) in [7, 11) is 0. The monoisotopic (exact) mass is 113 g/mol. The Kier molecular flexibility index (Phi) is 1.22. The Morgan fingerprint density at radius 3 is 2.88 bits per heavy atom. The van der Waals surface area contributed by atoms with E-state index in [1.807, 2.05) is 0 Å². The van der Waals surface area contributed by atoms with Gasteiger partial charge in [-0.25, -0.2) is 0 Å².